The molecule has 0 unspecified atom stereocenters. The number of thiazole rings is 1. The number of ether oxygens (including phenoxy) is 1. The van der Waals surface area contributed by atoms with Crippen LogP contribution in [-0.4, -0.2) is 42.8 Å². The minimum atomic E-state index is 0.807. The van der Waals surface area contributed by atoms with E-state index >= 15 is 0 Å². The molecule has 1 fully saturated rings. The number of aromatic amines is 1. The van der Waals surface area contributed by atoms with Crippen molar-refractivity contribution in [2.24, 2.45) is 0 Å². The van der Waals surface area contributed by atoms with Gasteiger partial charge in [-0.05, 0) is 31.0 Å². The average molecular weight is 356 g/mol. The average Bonchev–Trinajstić information content (AvgIpc) is 3.30. The molecule has 0 atom stereocenters. The summed E-state index contributed by atoms with van der Waals surface area (Å²) in [5.41, 5.74) is 2.63. The highest BCUT2D eigenvalue weighted by atomic mass is 32.1. The van der Waals surface area contributed by atoms with Crippen LogP contribution in [0.5, 0.6) is 0 Å². The van der Waals surface area contributed by atoms with E-state index in [0.29, 0.717) is 0 Å². The van der Waals surface area contributed by atoms with Crippen molar-refractivity contribution in [2.45, 2.75) is 19.4 Å². The maximum absolute atomic E-state index is 5.40. The molecule has 0 aliphatic carbocycles. The monoisotopic (exact) mass is 356 g/mol. The van der Waals surface area contributed by atoms with Gasteiger partial charge in [-0.25, -0.2) is 4.98 Å². The number of aryl methyl sites for hydroxylation is 1. The van der Waals surface area contributed by atoms with Crippen LogP contribution in [-0.2, 0) is 17.7 Å². The molecule has 1 aliphatic rings. The lowest BCUT2D eigenvalue weighted by molar-refractivity contribution is 0.122. The Morgan fingerprint density at radius 3 is 3.04 bits per heavy atom. The number of rotatable bonds is 7. The van der Waals surface area contributed by atoms with Crippen molar-refractivity contribution in [3.05, 3.63) is 47.1 Å². The number of hydrogen-bond acceptors (Lipinski definition) is 5. The molecule has 25 heavy (non-hydrogen) atoms. The Hall–Kier alpha value is -1.89. The molecule has 0 radical (unpaired) electrons. The van der Waals surface area contributed by atoms with Gasteiger partial charge in [-0.15, -0.1) is 11.3 Å². The van der Waals surface area contributed by atoms with Gasteiger partial charge in [-0.2, -0.15) is 0 Å². The summed E-state index contributed by atoms with van der Waals surface area (Å²) in [6.07, 6.45) is 6.38. The van der Waals surface area contributed by atoms with Crippen molar-refractivity contribution >= 4 is 27.4 Å². The number of nitrogens with one attached hydrogen (secondary N) is 2. The molecule has 6 heteroatoms. The number of benzene rings is 1. The first-order valence-electron chi connectivity index (χ1n) is 8.93. The number of anilines is 1. The van der Waals surface area contributed by atoms with E-state index in [1.54, 1.807) is 11.3 Å². The molecule has 0 spiro atoms. The van der Waals surface area contributed by atoms with Gasteiger partial charge in [0.05, 0.1) is 13.2 Å². The van der Waals surface area contributed by atoms with Gasteiger partial charge in [0, 0.05) is 47.8 Å². The van der Waals surface area contributed by atoms with E-state index < -0.39 is 0 Å². The second kappa shape index (κ2) is 7.99. The van der Waals surface area contributed by atoms with Crippen LogP contribution in [0.1, 0.15) is 16.9 Å². The maximum Gasteiger partial charge on any atom is 0.185 e. The summed E-state index contributed by atoms with van der Waals surface area (Å²) >= 11 is 1.79. The molecule has 2 aromatic heterocycles. The zero-order chi connectivity index (χ0) is 16.9. The molecule has 1 aromatic carbocycles. The largest absolute Gasteiger partial charge is 0.378 e. The van der Waals surface area contributed by atoms with E-state index in [2.05, 4.69) is 50.6 Å². The Kier molecular flexibility index (Phi) is 5.30. The molecule has 0 amide bonds. The highest BCUT2D eigenvalue weighted by Crippen LogP contribution is 2.23. The molecule has 1 saturated heterocycles. The van der Waals surface area contributed by atoms with Crippen LogP contribution in [0.4, 0.5) is 5.13 Å². The van der Waals surface area contributed by atoms with Gasteiger partial charge in [0.15, 0.2) is 5.13 Å². The molecular formula is C19H24N4OS. The standard InChI is InChI=1S/C19H24N4OS/c1-2-6-18-17(5-1)15(12-21-18)4-3-7-20-13-16-14-22-19(25-16)23-8-10-24-11-9-23/h1-2,5-6,12,14,20-21H,3-4,7-11,13H2. The molecular weight excluding hydrogens is 332 g/mol. The molecule has 5 nitrogen and oxygen atoms in total. The van der Waals surface area contributed by atoms with E-state index in [0.717, 1.165) is 57.4 Å². The minimum Gasteiger partial charge on any atom is -0.378 e. The van der Waals surface area contributed by atoms with Gasteiger partial charge in [-0.1, -0.05) is 18.2 Å². The van der Waals surface area contributed by atoms with Crippen molar-refractivity contribution in [1.82, 2.24) is 15.3 Å². The van der Waals surface area contributed by atoms with E-state index in [-0.39, 0.29) is 0 Å². The SMILES string of the molecule is c1ccc2c(CCCNCc3cnc(N4CCOCC4)s3)c[nH]c2c1. The number of fused-ring (bicyclic) bond motifs is 1. The van der Waals surface area contributed by atoms with Gasteiger partial charge in [0.25, 0.3) is 0 Å². The van der Waals surface area contributed by atoms with Crippen LogP contribution in [0.3, 0.4) is 0 Å². The molecule has 132 valence electrons. The summed E-state index contributed by atoms with van der Waals surface area (Å²) in [4.78, 5) is 11.5. The summed E-state index contributed by atoms with van der Waals surface area (Å²) in [6.45, 7) is 5.43. The number of para-hydroxylation sites is 1. The smallest absolute Gasteiger partial charge is 0.185 e. The normalized spacial score (nSPS) is 15.1. The van der Waals surface area contributed by atoms with E-state index in [1.807, 2.05) is 6.20 Å². The molecule has 1 aliphatic heterocycles. The number of morpholine rings is 1. The van der Waals surface area contributed by atoms with E-state index in [9.17, 15) is 0 Å². The van der Waals surface area contributed by atoms with E-state index in [4.69, 9.17) is 4.74 Å². The van der Waals surface area contributed by atoms with Gasteiger partial charge in [0.2, 0.25) is 0 Å². The summed E-state index contributed by atoms with van der Waals surface area (Å²) < 4.78 is 5.40. The summed E-state index contributed by atoms with van der Waals surface area (Å²) in [6, 6.07) is 8.50. The Morgan fingerprint density at radius 1 is 1.24 bits per heavy atom. The van der Waals surface area contributed by atoms with Crippen molar-refractivity contribution in [1.29, 1.82) is 0 Å². The van der Waals surface area contributed by atoms with Crippen LogP contribution < -0.4 is 10.2 Å². The zero-order valence-corrected chi connectivity index (χ0v) is 15.1. The van der Waals surface area contributed by atoms with Crippen molar-refractivity contribution in [3.63, 3.8) is 0 Å². The third-order valence-electron chi connectivity index (χ3n) is 4.60. The van der Waals surface area contributed by atoms with Crippen LogP contribution in [0, 0.1) is 0 Å². The minimum absolute atomic E-state index is 0.807. The number of nitrogens with zero attached hydrogens (tertiary/aromatic N) is 2. The first-order valence-corrected chi connectivity index (χ1v) is 9.75. The second-order valence-electron chi connectivity index (χ2n) is 6.35. The van der Waals surface area contributed by atoms with Crippen LogP contribution in [0.2, 0.25) is 0 Å². The fraction of sp³-hybridized carbons (Fsp3) is 0.421. The maximum atomic E-state index is 5.40. The quantitative estimate of drug-likeness (QED) is 0.639. The zero-order valence-electron chi connectivity index (χ0n) is 14.3. The molecule has 2 N–H and O–H groups in total. The fourth-order valence-corrected chi connectivity index (χ4v) is 4.16. The highest BCUT2D eigenvalue weighted by Gasteiger charge is 2.14. The third kappa shape index (κ3) is 4.03. The number of H-pyrrole nitrogens is 1. The lowest BCUT2D eigenvalue weighted by Crippen LogP contribution is -2.36. The molecule has 3 aromatic rings. The van der Waals surface area contributed by atoms with Crippen molar-refractivity contribution in [2.75, 3.05) is 37.7 Å². The number of hydrogen-bond donors (Lipinski definition) is 2. The molecule has 0 saturated carbocycles. The first-order chi connectivity index (χ1) is 12.4. The fourth-order valence-electron chi connectivity index (χ4n) is 3.23. The van der Waals surface area contributed by atoms with Crippen LogP contribution in [0.25, 0.3) is 10.9 Å². The second-order valence-corrected chi connectivity index (χ2v) is 7.44. The lowest BCUT2D eigenvalue weighted by atomic mass is 10.1. The summed E-state index contributed by atoms with van der Waals surface area (Å²) in [7, 11) is 0. The predicted molar refractivity (Wildman–Crippen MR) is 103 cm³/mol. The molecule has 0 bridgehead atoms. The van der Waals surface area contributed by atoms with Crippen molar-refractivity contribution < 1.29 is 4.74 Å². The van der Waals surface area contributed by atoms with Gasteiger partial charge in [-0.3, -0.25) is 0 Å². The highest BCUT2D eigenvalue weighted by molar-refractivity contribution is 7.15. The van der Waals surface area contributed by atoms with Gasteiger partial charge < -0.3 is 19.9 Å². The number of aromatic nitrogens is 2. The Bertz CT molecular complexity index is 806. The Balaban J connectivity index is 1.21. The van der Waals surface area contributed by atoms with E-state index in [1.165, 1.54) is 21.3 Å². The summed E-state index contributed by atoms with van der Waals surface area (Å²) in [5, 5.41) is 6.02. The van der Waals surface area contributed by atoms with Gasteiger partial charge >= 0.3 is 0 Å². The lowest BCUT2D eigenvalue weighted by Gasteiger charge is -2.25. The van der Waals surface area contributed by atoms with Crippen LogP contribution >= 0.6 is 11.3 Å². The first kappa shape index (κ1) is 16.6. The van der Waals surface area contributed by atoms with Crippen LogP contribution in [0.15, 0.2) is 36.7 Å². The predicted octanol–water partition coefficient (Wildman–Crippen LogP) is 3.18. The van der Waals surface area contributed by atoms with Crippen molar-refractivity contribution in [3.8, 4) is 0 Å². The third-order valence-corrected chi connectivity index (χ3v) is 5.65. The Morgan fingerprint density at radius 2 is 2.12 bits per heavy atom. The topological polar surface area (TPSA) is 53.2 Å². The Labute approximate surface area is 152 Å². The molecule has 4 rings (SSSR count). The molecule has 3 heterocycles. The summed E-state index contributed by atoms with van der Waals surface area (Å²) in [5.74, 6) is 0. The van der Waals surface area contributed by atoms with Gasteiger partial charge in [0.1, 0.15) is 0 Å².